The lowest BCUT2D eigenvalue weighted by atomic mass is 10.1. The van der Waals surface area contributed by atoms with Gasteiger partial charge in [-0.25, -0.2) is 4.98 Å². The van der Waals surface area contributed by atoms with Crippen LogP contribution >= 0.6 is 11.3 Å². The standard InChI is InChI=1S/C16H15N3OS/c1-11-3-4-12(2)14(9-11)18-15(20)6-5-13-10-17-16-19(13)7-8-21-16/h3-10H,1-2H3,(H,18,20)/b6-5+. The van der Waals surface area contributed by atoms with Gasteiger partial charge in [0.1, 0.15) is 0 Å². The van der Waals surface area contributed by atoms with Gasteiger partial charge in [-0.1, -0.05) is 12.1 Å². The van der Waals surface area contributed by atoms with E-state index in [9.17, 15) is 4.79 Å². The molecular weight excluding hydrogens is 282 g/mol. The van der Waals surface area contributed by atoms with E-state index in [1.165, 1.54) is 6.08 Å². The molecule has 0 atom stereocenters. The van der Waals surface area contributed by atoms with Crippen molar-refractivity contribution < 1.29 is 4.79 Å². The molecule has 0 bridgehead atoms. The molecule has 2 heterocycles. The molecule has 0 saturated heterocycles. The van der Waals surface area contributed by atoms with Crippen LogP contribution in [-0.4, -0.2) is 15.3 Å². The molecule has 0 aliphatic heterocycles. The van der Waals surface area contributed by atoms with Crippen molar-refractivity contribution in [3.8, 4) is 0 Å². The van der Waals surface area contributed by atoms with Crippen molar-refractivity contribution in [1.82, 2.24) is 9.38 Å². The number of nitrogens with zero attached hydrogens (tertiary/aromatic N) is 2. The first-order chi connectivity index (χ1) is 10.1. The second-order valence-corrected chi connectivity index (χ2v) is 5.75. The van der Waals surface area contributed by atoms with Gasteiger partial charge < -0.3 is 5.32 Å². The lowest BCUT2D eigenvalue weighted by molar-refractivity contribution is -0.111. The van der Waals surface area contributed by atoms with E-state index in [4.69, 9.17) is 0 Å². The third-order valence-electron chi connectivity index (χ3n) is 3.23. The molecule has 0 unspecified atom stereocenters. The number of nitrogens with one attached hydrogen (secondary N) is 1. The van der Waals surface area contributed by atoms with E-state index in [1.54, 1.807) is 23.6 Å². The SMILES string of the molecule is Cc1ccc(C)c(NC(=O)/C=C/c2cnc3sccn23)c1. The molecule has 1 N–H and O–H groups in total. The minimum Gasteiger partial charge on any atom is -0.322 e. The van der Waals surface area contributed by atoms with Gasteiger partial charge in [-0.15, -0.1) is 11.3 Å². The van der Waals surface area contributed by atoms with Gasteiger partial charge in [0.15, 0.2) is 4.96 Å². The van der Waals surface area contributed by atoms with E-state index in [0.717, 1.165) is 27.5 Å². The number of imidazole rings is 1. The summed E-state index contributed by atoms with van der Waals surface area (Å²) >= 11 is 1.57. The number of rotatable bonds is 3. The zero-order chi connectivity index (χ0) is 14.8. The predicted octanol–water partition coefficient (Wildman–Crippen LogP) is 3.66. The van der Waals surface area contributed by atoms with Gasteiger partial charge in [0.2, 0.25) is 5.91 Å². The summed E-state index contributed by atoms with van der Waals surface area (Å²) < 4.78 is 1.95. The number of amides is 1. The fourth-order valence-electron chi connectivity index (χ4n) is 2.07. The summed E-state index contributed by atoms with van der Waals surface area (Å²) in [5.74, 6) is -0.145. The molecule has 4 nitrogen and oxygen atoms in total. The first-order valence-corrected chi connectivity index (χ1v) is 7.48. The molecule has 0 spiro atoms. The third-order valence-corrected chi connectivity index (χ3v) is 4.00. The maximum atomic E-state index is 12.0. The van der Waals surface area contributed by atoms with Gasteiger partial charge in [0, 0.05) is 23.3 Å². The summed E-state index contributed by atoms with van der Waals surface area (Å²) in [6, 6.07) is 6.00. The highest BCUT2D eigenvalue weighted by atomic mass is 32.1. The minimum absolute atomic E-state index is 0.145. The van der Waals surface area contributed by atoms with E-state index in [0.29, 0.717) is 0 Å². The highest BCUT2D eigenvalue weighted by Crippen LogP contribution is 2.17. The van der Waals surface area contributed by atoms with Crippen LogP contribution in [0.1, 0.15) is 16.8 Å². The lowest BCUT2D eigenvalue weighted by Gasteiger charge is -2.07. The first-order valence-electron chi connectivity index (χ1n) is 6.60. The van der Waals surface area contributed by atoms with Crippen LogP contribution in [0.2, 0.25) is 0 Å². The summed E-state index contributed by atoms with van der Waals surface area (Å²) in [5.41, 5.74) is 3.91. The fourth-order valence-corrected chi connectivity index (χ4v) is 2.77. The topological polar surface area (TPSA) is 46.4 Å². The number of hydrogen-bond donors (Lipinski definition) is 1. The van der Waals surface area contributed by atoms with Crippen molar-refractivity contribution in [3.63, 3.8) is 0 Å². The average molecular weight is 297 g/mol. The van der Waals surface area contributed by atoms with Crippen LogP contribution in [0.25, 0.3) is 11.0 Å². The number of aromatic nitrogens is 2. The van der Waals surface area contributed by atoms with E-state index < -0.39 is 0 Å². The summed E-state index contributed by atoms with van der Waals surface area (Å²) in [6.45, 7) is 3.98. The summed E-state index contributed by atoms with van der Waals surface area (Å²) in [5, 5.41) is 4.87. The molecule has 0 fully saturated rings. The Morgan fingerprint density at radius 2 is 2.24 bits per heavy atom. The van der Waals surface area contributed by atoms with Gasteiger partial charge in [-0.3, -0.25) is 9.20 Å². The van der Waals surface area contributed by atoms with Crippen molar-refractivity contribution in [2.75, 3.05) is 5.32 Å². The monoisotopic (exact) mass is 297 g/mol. The second-order valence-electron chi connectivity index (χ2n) is 4.88. The van der Waals surface area contributed by atoms with Crippen molar-refractivity contribution in [2.24, 2.45) is 0 Å². The average Bonchev–Trinajstić information content (AvgIpc) is 3.04. The van der Waals surface area contributed by atoms with Crippen molar-refractivity contribution in [2.45, 2.75) is 13.8 Å². The molecule has 21 heavy (non-hydrogen) atoms. The Kier molecular flexibility index (Phi) is 3.58. The molecule has 5 heteroatoms. The molecule has 3 aromatic rings. The Morgan fingerprint density at radius 3 is 3.10 bits per heavy atom. The normalized spacial score (nSPS) is 11.3. The number of fused-ring (bicyclic) bond motifs is 1. The molecule has 2 aromatic heterocycles. The molecule has 3 rings (SSSR count). The molecule has 0 radical (unpaired) electrons. The van der Waals surface area contributed by atoms with E-state index in [2.05, 4.69) is 10.3 Å². The summed E-state index contributed by atoms with van der Waals surface area (Å²) in [7, 11) is 0. The number of carbonyl (C=O) groups excluding carboxylic acids is 1. The third kappa shape index (κ3) is 2.87. The van der Waals surface area contributed by atoms with Crippen molar-refractivity contribution >= 4 is 34.0 Å². The predicted molar refractivity (Wildman–Crippen MR) is 86.6 cm³/mol. The quantitative estimate of drug-likeness (QED) is 0.750. The molecule has 1 aromatic carbocycles. The highest BCUT2D eigenvalue weighted by Gasteiger charge is 2.04. The van der Waals surface area contributed by atoms with E-state index in [1.807, 2.05) is 48.0 Å². The highest BCUT2D eigenvalue weighted by molar-refractivity contribution is 7.15. The number of hydrogen-bond acceptors (Lipinski definition) is 3. The molecule has 1 amide bonds. The van der Waals surface area contributed by atoms with Crippen LogP contribution in [0.3, 0.4) is 0 Å². The number of anilines is 1. The number of benzene rings is 1. The van der Waals surface area contributed by atoms with Crippen LogP contribution in [-0.2, 0) is 4.79 Å². The maximum absolute atomic E-state index is 12.0. The molecular formula is C16H15N3OS. The maximum Gasteiger partial charge on any atom is 0.248 e. The largest absolute Gasteiger partial charge is 0.322 e. The Bertz CT molecular complexity index is 829. The molecule has 0 aliphatic carbocycles. The van der Waals surface area contributed by atoms with Crippen molar-refractivity contribution in [3.05, 3.63) is 58.9 Å². The van der Waals surface area contributed by atoms with Gasteiger partial charge in [-0.05, 0) is 37.1 Å². The fraction of sp³-hybridized carbons (Fsp3) is 0.125. The van der Waals surface area contributed by atoms with Gasteiger partial charge in [0.05, 0.1) is 11.9 Å². The van der Waals surface area contributed by atoms with Crippen LogP contribution in [0.15, 0.2) is 42.0 Å². The van der Waals surface area contributed by atoms with Gasteiger partial charge in [0.25, 0.3) is 0 Å². The number of carbonyl (C=O) groups is 1. The number of thiazole rings is 1. The molecule has 106 valence electrons. The van der Waals surface area contributed by atoms with Crippen LogP contribution in [0.5, 0.6) is 0 Å². The Balaban J connectivity index is 1.76. The second kappa shape index (κ2) is 5.54. The minimum atomic E-state index is -0.145. The Morgan fingerprint density at radius 1 is 1.38 bits per heavy atom. The summed E-state index contributed by atoms with van der Waals surface area (Å²) in [6.07, 6.45) is 7.00. The first kappa shape index (κ1) is 13.6. The zero-order valence-electron chi connectivity index (χ0n) is 11.8. The Hall–Kier alpha value is -2.40. The number of aryl methyl sites for hydroxylation is 2. The smallest absolute Gasteiger partial charge is 0.248 e. The van der Waals surface area contributed by atoms with E-state index in [-0.39, 0.29) is 5.91 Å². The lowest BCUT2D eigenvalue weighted by Crippen LogP contribution is -2.09. The Labute approximate surface area is 126 Å². The molecule has 0 aliphatic rings. The summed E-state index contributed by atoms with van der Waals surface area (Å²) in [4.78, 5) is 17.2. The van der Waals surface area contributed by atoms with Gasteiger partial charge >= 0.3 is 0 Å². The molecule has 0 saturated carbocycles. The van der Waals surface area contributed by atoms with E-state index >= 15 is 0 Å². The van der Waals surface area contributed by atoms with Crippen molar-refractivity contribution in [1.29, 1.82) is 0 Å². The zero-order valence-corrected chi connectivity index (χ0v) is 12.6. The van der Waals surface area contributed by atoms with Crippen LogP contribution in [0, 0.1) is 13.8 Å². The van der Waals surface area contributed by atoms with Crippen LogP contribution in [0.4, 0.5) is 5.69 Å². The van der Waals surface area contributed by atoms with Crippen LogP contribution < -0.4 is 5.32 Å². The van der Waals surface area contributed by atoms with Gasteiger partial charge in [-0.2, -0.15) is 0 Å².